The van der Waals surface area contributed by atoms with Gasteiger partial charge in [0.05, 0.1) is 21.9 Å². The Hall–Kier alpha value is -2.16. The van der Waals surface area contributed by atoms with E-state index in [0.717, 1.165) is 11.3 Å². The molecule has 0 aliphatic carbocycles. The van der Waals surface area contributed by atoms with Gasteiger partial charge in [-0.2, -0.15) is 13.2 Å². The van der Waals surface area contributed by atoms with E-state index in [1.54, 1.807) is 19.2 Å². The molecule has 0 radical (unpaired) electrons. The maximum Gasteiger partial charge on any atom is 0.471 e. The zero-order chi connectivity index (χ0) is 16.5. The highest BCUT2D eigenvalue weighted by molar-refractivity contribution is 7.22. The fraction of sp³-hybridized carbons (Fsp3) is 0.308. The van der Waals surface area contributed by atoms with Crippen molar-refractivity contribution in [3.63, 3.8) is 0 Å². The summed E-state index contributed by atoms with van der Waals surface area (Å²) in [7, 11) is 0. The Morgan fingerprint density at radius 1 is 1.32 bits per heavy atom. The SMILES string of the molecule is CC(C)OC(=O)c1ccc2nc(NC(=O)C(F)(F)F)sc2c1. The number of hydrogen-bond acceptors (Lipinski definition) is 5. The van der Waals surface area contributed by atoms with Crippen LogP contribution in [0.2, 0.25) is 0 Å². The van der Waals surface area contributed by atoms with Gasteiger partial charge < -0.3 is 4.74 Å². The number of nitrogens with zero attached hydrogens (tertiary/aromatic N) is 1. The van der Waals surface area contributed by atoms with Crippen LogP contribution in [-0.4, -0.2) is 29.1 Å². The molecule has 1 aromatic carbocycles. The van der Waals surface area contributed by atoms with Crippen LogP contribution in [0.3, 0.4) is 0 Å². The van der Waals surface area contributed by atoms with Gasteiger partial charge in [0.1, 0.15) is 0 Å². The summed E-state index contributed by atoms with van der Waals surface area (Å²) in [5, 5.41) is 1.49. The number of alkyl halides is 3. The van der Waals surface area contributed by atoms with Crippen LogP contribution in [0.25, 0.3) is 10.2 Å². The van der Waals surface area contributed by atoms with Crippen LogP contribution in [0.4, 0.5) is 18.3 Å². The lowest BCUT2D eigenvalue weighted by Crippen LogP contribution is -2.29. The lowest BCUT2D eigenvalue weighted by molar-refractivity contribution is -0.167. The molecule has 0 saturated carbocycles. The minimum atomic E-state index is -4.98. The second-order valence-electron chi connectivity index (χ2n) is 4.61. The predicted molar refractivity (Wildman–Crippen MR) is 74.9 cm³/mol. The molecule has 1 amide bonds. The first-order valence-electron chi connectivity index (χ1n) is 6.16. The maximum absolute atomic E-state index is 12.2. The number of benzene rings is 1. The number of nitrogens with one attached hydrogen (secondary N) is 1. The van der Waals surface area contributed by atoms with Gasteiger partial charge in [0.2, 0.25) is 0 Å². The first kappa shape index (κ1) is 16.2. The number of amides is 1. The van der Waals surface area contributed by atoms with Crippen molar-refractivity contribution in [2.45, 2.75) is 26.1 Å². The molecule has 2 rings (SSSR count). The summed E-state index contributed by atoms with van der Waals surface area (Å²) in [5.41, 5.74) is 0.641. The van der Waals surface area contributed by atoms with Crippen LogP contribution in [-0.2, 0) is 9.53 Å². The molecule has 2 aromatic rings. The Labute approximate surface area is 127 Å². The highest BCUT2D eigenvalue weighted by atomic mass is 32.1. The summed E-state index contributed by atoms with van der Waals surface area (Å²) in [5.74, 6) is -2.63. The van der Waals surface area contributed by atoms with Crippen LogP contribution in [0.5, 0.6) is 0 Å². The van der Waals surface area contributed by atoms with Crippen molar-refractivity contribution >= 4 is 38.6 Å². The number of carbonyl (C=O) groups is 2. The number of aromatic nitrogens is 1. The monoisotopic (exact) mass is 332 g/mol. The fourth-order valence-corrected chi connectivity index (χ4v) is 2.46. The first-order valence-corrected chi connectivity index (χ1v) is 6.98. The Morgan fingerprint density at radius 2 is 2.00 bits per heavy atom. The molecule has 5 nitrogen and oxygen atoms in total. The van der Waals surface area contributed by atoms with Crippen molar-refractivity contribution in [3.8, 4) is 0 Å². The average molecular weight is 332 g/mol. The first-order chi connectivity index (χ1) is 10.2. The fourth-order valence-electron chi connectivity index (χ4n) is 1.56. The van der Waals surface area contributed by atoms with E-state index < -0.39 is 18.1 Å². The molecule has 118 valence electrons. The normalized spacial score (nSPS) is 11.7. The zero-order valence-corrected chi connectivity index (χ0v) is 12.3. The van der Waals surface area contributed by atoms with Crippen molar-refractivity contribution in [3.05, 3.63) is 23.8 Å². The number of fused-ring (bicyclic) bond motifs is 1. The molecule has 1 heterocycles. The van der Waals surface area contributed by atoms with Crippen LogP contribution >= 0.6 is 11.3 Å². The van der Waals surface area contributed by atoms with Crippen molar-refractivity contribution in [2.75, 3.05) is 5.32 Å². The van der Waals surface area contributed by atoms with Crippen molar-refractivity contribution in [2.24, 2.45) is 0 Å². The molecule has 0 fully saturated rings. The number of esters is 1. The lowest BCUT2D eigenvalue weighted by atomic mass is 10.2. The molecule has 0 saturated heterocycles. The Balaban J connectivity index is 2.24. The number of ether oxygens (including phenoxy) is 1. The smallest absolute Gasteiger partial charge is 0.459 e. The topological polar surface area (TPSA) is 68.3 Å². The van der Waals surface area contributed by atoms with Gasteiger partial charge in [-0.3, -0.25) is 10.1 Å². The molecule has 0 aliphatic rings. The Bertz CT molecular complexity index is 725. The van der Waals surface area contributed by atoms with Gasteiger partial charge in [0, 0.05) is 0 Å². The largest absolute Gasteiger partial charge is 0.471 e. The van der Waals surface area contributed by atoms with Crippen LogP contribution < -0.4 is 5.32 Å². The van der Waals surface area contributed by atoms with E-state index in [0.29, 0.717) is 10.2 Å². The summed E-state index contributed by atoms with van der Waals surface area (Å²) in [4.78, 5) is 26.5. The highest BCUT2D eigenvalue weighted by Gasteiger charge is 2.39. The zero-order valence-electron chi connectivity index (χ0n) is 11.5. The van der Waals surface area contributed by atoms with E-state index >= 15 is 0 Å². The minimum Gasteiger partial charge on any atom is -0.459 e. The molecular formula is C13H11F3N2O3S. The van der Waals surface area contributed by atoms with Gasteiger partial charge in [0.25, 0.3) is 0 Å². The van der Waals surface area contributed by atoms with Crippen LogP contribution in [0, 0.1) is 0 Å². The molecule has 0 aliphatic heterocycles. The summed E-state index contributed by atoms with van der Waals surface area (Å²) in [6.45, 7) is 3.40. The quantitative estimate of drug-likeness (QED) is 0.875. The molecule has 0 bridgehead atoms. The van der Waals surface area contributed by atoms with Gasteiger partial charge in [-0.1, -0.05) is 11.3 Å². The number of halogens is 3. The third-order valence-electron chi connectivity index (χ3n) is 2.44. The molecular weight excluding hydrogens is 321 g/mol. The summed E-state index contributed by atoms with van der Waals surface area (Å²) in [6, 6.07) is 4.40. The molecule has 9 heteroatoms. The number of hydrogen-bond donors (Lipinski definition) is 1. The lowest BCUT2D eigenvalue weighted by Gasteiger charge is -2.07. The van der Waals surface area contributed by atoms with Crippen molar-refractivity contribution in [1.29, 1.82) is 0 Å². The average Bonchev–Trinajstić information content (AvgIpc) is 2.77. The standard InChI is InChI=1S/C13H11F3N2O3S/c1-6(2)21-10(19)7-3-4-8-9(5-7)22-12(17-8)18-11(20)13(14,15)16/h3-6H,1-2H3,(H,17,18,20). The van der Waals surface area contributed by atoms with Gasteiger partial charge in [-0.25, -0.2) is 9.78 Å². The molecule has 1 aromatic heterocycles. The molecule has 22 heavy (non-hydrogen) atoms. The number of anilines is 1. The number of carbonyl (C=O) groups excluding carboxylic acids is 2. The molecule has 1 N–H and O–H groups in total. The highest BCUT2D eigenvalue weighted by Crippen LogP contribution is 2.28. The maximum atomic E-state index is 12.2. The van der Waals surface area contributed by atoms with E-state index in [1.165, 1.54) is 18.2 Å². The summed E-state index contributed by atoms with van der Waals surface area (Å²) in [6.07, 6.45) is -5.27. The minimum absolute atomic E-state index is 0.188. The van der Waals surface area contributed by atoms with Crippen LogP contribution in [0.1, 0.15) is 24.2 Å². The predicted octanol–water partition coefficient (Wildman–Crippen LogP) is 3.36. The Kier molecular flexibility index (Phi) is 4.36. The second kappa shape index (κ2) is 5.91. The summed E-state index contributed by atoms with van der Waals surface area (Å²) >= 11 is 0.841. The third-order valence-corrected chi connectivity index (χ3v) is 3.38. The van der Waals surface area contributed by atoms with Gasteiger partial charge in [-0.15, -0.1) is 0 Å². The molecule has 0 unspecified atom stereocenters. The number of thiazole rings is 1. The van der Waals surface area contributed by atoms with Gasteiger partial charge >= 0.3 is 18.1 Å². The van der Waals surface area contributed by atoms with Crippen LogP contribution in [0.15, 0.2) is 18.2 Å². The number of rotatable bonds is 3. The Morgan fingerprint density at radius 3 is 2.59 bits per heavy atom. The van der Waals surface area contributed by atoms with Gasteiger partial charge in [0.15, 0.2) is 5.13 Å². The van der Waals surface area contributed by atoms with E-state index in [1.807, 2.05) is 0 Å². The van der Waals surface area contributed by atoms with Crippen molar-refractivity contribution in [1.82, 2.24) is 4.98 Å². The van der Waals surface area contributed by atoms with E-state index in [2.05, 4.69) is 4.98 Å². The molecule has 0 atom stereocenters. The molecule has 0 spiro atoms. The van der Waals surface area contributed by atoms with E-state index in [9.17, 15) is 22.8 Å². The second-order valence-corrected chi connectivity index (χ2v) is 5.64. The van der Waals surface area contributed by atoms with Crippen molar-refractivity contribution < 1.29 is 27.5 Å². The van der Waals surface area contributed by atoms with Gasteiger partial charge in [-0.05, 0) is 32.0 Å². The van der Waals surface area contributed by atoms with E-state index in [4.69, 9.17) is 4.74 Å². The third kappa shape index (κ3) is 3.73. The van der Waals surface area contributed by atoms with E-state index in [-0.39, 0.29) is 16.8 Å². The summed E-state index contributed by atoms with van der Waals surface area (Å²) < 4.78 is 42.1.